The summed E-state index contributed by atoms with van der Waals surface area (Å²) in [6.45, 7) is 11.7. The fourth-order valence-electron chi connectivity index (χ4n) is 9.56. The predicted octanol–water partition coefficient (Wildman–Crippen LogP) is 4.84. The van der Waals surface area contributed by atoms with Gasteiger partial charge in [-0.25, -0.2) is 0 Å². The third-order valence-electron chi connectivity index (χ3n) is 12.2. The molecule has 5 rings (SSSR count). The van der Waals surface area contributed by atoms with Gasteiger partial charge in [-0.3, -0.25) is 0 Å². The van der Waals surface area contributed by atoms with Crippen molar-refractivity contribution in [2.75, 3.05) is 0 Å². The minimum Gasteiger partial charge on any atom is -0.393 e. The molecule has 0 amide bonds. The Balaban J connectivity index is 1.39. The summed E-state index contributed by atoms with van der Waals surface area (Å²) in [5.74, 6) is 4.29. The summed E-state index contributed by atoms with van der Waals surface area (Å²) in [5.41, 5.74) is -2.25. The maximum atomic E-state index is 12.2. The van der Waals surface area contributed by atoms with Crippen LogP contribution in [0.4, 0.5) is 0 Å². The van der Waals surface area contributed by atoms with Crippen molar-refractivity contribution in [2.45, 2.75) is 122 Å². The zero-order chi connectivity index (χ0) is 24.0. The molecule has 2 unspecified atom stereocenters. The van der Waals surface area contributed by atoms with Crippen LogP contribution in [0, 0.1) is 46.3 Å². The molecule has 33 heavy (non-hydrogen) atoms. The highest BCUT2D eigenvalue weighted by atomic mass is 16.4. The van der Waals surface area contributed by atoms with Crippen molar-refractivity contribution >= 4 is 0 Å². The lowest BCUT2D eigenvalue weighted by Gasteiger charge is -2.65. The number of hydrogen-bond donors (Lipinski definition) is 4. The standard InChI is InChI=1S/C29H48O4/c1-17(21-14-19(21)3)6-7-18(2)22-8-9-23-24-15-25(31)29(33)16-20(30)10-11-27(29,5)28(24,32)13-12-26(22,23)4/h15,17-23,25,30-33H,6-14,16H2,1-5H3/t17-,18-,19-,20+,21+,22?,23?,25+,26-,27-,28-,29+/m1/s1. The van der Waals surface area contributed by atoms with E-state index in [1.54, 1.807) is 0 Å². The molecule has 5 aliphatic carbocycles. The monoisotopic (exact) mass is 460 g/mol. The van der Waals surface area contributed by atoms with Crippen molar-refractivity contribution in [1.29, 1.82) is 0 Å². The molecular formula is C29H48O4. The topological polar surface area (TPSA) is 80.9 Å². The molecule has 4 saturated carbocycles. The molecule has 0 spiro atoms. The third-order valence-corrected chi connectivity index (χ3v) is 12.2. The van der Waals surface area contributed by atoms with Crippen molar-refractivity contribution in [3.05, 3.63) is 11.6 Å². The van der Waals surface area contributed by atoms with Crippen LogP contribution in [0.2, 0.25) is 0 Å². The lowest BCUT2D eigenvalue weighted by atomic mass is 9.43. The highest BCUT2D eigenvalue weighted by Crippen LogP contribution is 2.69. The summed E-state index contributed by atoms with van der Waals surface area (Å²) < 4.78 is 0. The van der Waals surface area contributed by atoms with E-state index in [4.69, 9.17) is 0 Å². The van der Waals surface area contributed by atoms with E-state index in [0.29, 0.717) is 31.1 Å². The minimum atomic E-state index is -1.47. The fraction of sp³-hybridized carbons (Fsp3) is 0.931. The maximum Gasteiger partial charge on any atom is 0.105 e. The first-order valence-electron chi connectivity index (χ1n) is 13.9. The van der Waals surface area contributed by atoms with Gasteiger partial charge in [0.25, 0.3) is 0 Å². The Kier molecular flexibility index (Phi) is 5.73. The molecule has 0 aromatic rings. The quantitative estimate of drug-likeness (QED) is 0.443. The summed E-state index contributed by atoms with van der Waals surface area (Å²) in [6.07, 6.45) is 9.31. The first-order valence-corrected chi connectivity index (χ1v) is 13.9. The molecule has 0 aromatic heterocycles. The first-order chi connectivity index (χ1) is 15.4. The van der Waals surface area contributed by atoms with Gasteiger partial charge < -0.3 is 20.4 Å². The van der Waals surface area contributed by atoms with Crippen molar-refractivity contribution in [1.82, 2.24) is 0 Å². The van der Waals surface area contributed by atoms with E-state index >= 15 is 0 Å². The molecule has 0 saturated heterocycles. The Bertz CT molecular complexity index is 809. The molecule has 5 aliphatic rings. The van der Waals surface area contributed by atoms with Crippen molar-refractivity contribution in [3.8, 4) is 0 Å². The van der Waals surface area contributed by atoms with Gasteiger partial charge in [0.1, 0.15) is 11.7 Å². The molecule has 0 bridgehead atoms. The molecule has 12 atom stereocenters. The first kappa shape index (κ1) is 24.3. The Labute approximate surface area is 200 Å². The van der Waals surface area contributed by atoms with Gasteiger partial charge in [-0.2, -0.15) is 0 Å². The SMILES string of the molecule is C[C@H](CC[C@@H](C)[C@@H]1C[C@H]1C)C1CCC2C3=C[C@H](O)[C@@]4(O)C[C@@H](O)CC[C@]4(C)[C@@]3(O)CC[C@@]21C. The lowest BCUT2D eigenvalue weighted by Crippen LogP contribution is -2.72. The van der Waals surface area contributed by atoms with E-state index in [1.807, 2.05) is 13.0 Å². The summed E-state index contributed by atoms with van der Waals surface area (Å²) in [5, 5.41) is 45.3. The second-order valence-electron chi connectivity index (χ2n) is 13.7. The van der Waals surface area contributed by atoms with Crippen LogP contribution in [0.5, 0.6) is 0 Å². The van der Waals surface area contributed by atoms with Crippen LogP contribution in [-0.2, 0) is 0 Å². The van der Waals surface area contributed by atoms with Crippen molar-refractivity contribution in [3.63, 3.8) is 0 Å². The molecule has 4 fully saturated rings. The van der Waals surface area contributed by atoms with Crippen LogP contribution in [-0.4, -0.2) is 43.8 Å². The van der Waals surface area contributed by atoms with Crippen LogP contribution in [0.25, 0.3) is 0 Å². The molecule has 0 radical (unpaired) electrons. The zero-order valence-electron chi connectivity index (χ0n) is 21.6. The maximum absolute atomic E-state index is 12.2. The van der Waals surface area contributed by atoms with Crippen molar-refractivity contribution in [2.24, 2.45) is 46.3 Å². The third kappa shape index (κ3) is 3.29. The number of fused-ring (bicyclic) bond motifs is 5. The van der Waals surface area contributed by atoms with E-state index in [9.17, 15) is 20.4 Å². The van der Waals surface area contributed by atoms with E-state index < -0.39 is 28.8 Å². The zero-order valence-corrected chi connectivity index (χ0v) is 21.6. The van der Waals surface area contributed by atoms with Crippen molar-refractivity contribution < 1.29 is 20.4 Å². The van der Waals surface area contributed by atoms with Crippen LogP contribution >= 0.6 is 0 Å². The predicted molar refractivity (Wildman–Crippen MR) is 130 cm³/mol. The summed E-state index contributed by atoms with van der Waals surface area (Å²) in [7, 11) is 0. The Morgan fingerprint density at radius 1 is 0.970 bits per heavy atom. The normalized spacial score (nSPS) is 55.1. The van der Waals surface area contributed by atoms with Gasteiger partial charge in [0.15, 0.2) is 0 Å². The molecule has 188 valence electrons. The van der Waals surface area contributed by atoms with Gasteiger partial charge in [-0.05, 0) is 91.4 Å². The van der Waals surface area contributed by atoms with Gasteiger partial charge in [0.05, 0.1) is 11.7 Å². The second kappa shape index (κ2) is 7.79. The van der Waals surface area contributed by atoms with Crippen LogP contribution in [0.1, 0.15) is 98.8 Å². The highest BCUT2D eigenvalue weighted by molar-refractivity contribution is 5.40. The molecular weight excluding hydrogens is 412 g/mol. The highest BCUT2D eigenvalue weighted by Gasteiger charge is 2.71. The fourth-order valence-corrected chi connectivity index (χ4v) is 9.56. The Morgan fingerprint density at radius 2 is 1.64 bits per heavy atom. The van der Waals surface area contributed by atoms with Gasteiger partial charge in [0.2, 0.25) is 0 Å². The van der Waals surface area contributed by atoms with Gasteiger partial charge in [-0.1, -0.05) is 53.5 Å². The largest absolute Gasteiger partial charge is 0.393 e. The second-order valence-corrected chi connectivity index (χ2v) is 13.7. The van der Waals surface area contributed by atoms with E-state index in [-0.39, 0.29) is 17.8 Å². The van der Waals surface area contributed by atoms with E-state index in [1.165, 1.54) is 25.7 Å². The van der Waals surface area contributed by atoms with Gasteiger partial charge in [0, 0.05) is 11.8 Å². The summed E-state index contributed by atoms with van der Waals surface area (Å²) in [4.78, 5) is 0. The number of rotatable bonds is 5. The van der Waals surface area contributed by atoms with Crippen LogP contribution in [0.15, 0.2) is 11.6 Å². The average Bonchev–Trinajstić information content (AvgIpc) is 3.39. The molecule has 0 aromatic carbocycles. The molecule has 0 heterocycles. The van der Waals surface area contributed by atoms with E-state index in [2.05, 4.69) is 27.7 Å². The lowest BCUT2D eigenvalue weighted by molar-refractivity contribution is -0.258. The molecule has 0 aliphatic heterocycles. The molecule has 4 heteroatoms. The van der Waals surface area contributed by atoms with Gasteiger partial charge in [-0.15, -0.1) is 0 Å². The van der Waals surface area contributed by atoms with E-state index in [0.717, 1.165) is 36.2 Å². The average molecular weight is 461 g/mol. The smallest absolute Gasteiger partial charge is 0.105 e. The number of aliphatic hydroxyl groups is 4. The summed E-state index contributed by atoms with van der Waals surface area (Å²) in [6, 6.07) is 0. The van der Waals surface area contributed by atoms with Gasteiger partial charge >= 0.3 is 0 Å². The van der Waals surface area contributed by atoms with Crippen LogP contribution in [0.3, 0.4) is 0 Å². The summed E-state index contributed by atoms with van der Waals surface area (Å²) >= 11 is 0. The Hall–Kier alpha value is -0.420. The minimum absolute atomic E-state index is 0.135. The van der Waals surface area contributed by atoms with Crippen LogP contribution < -0.4 is 0 Å². The Morgan fingerprint density at radius 3 is 2.30 bits per heavy atom. The number of hydrogen-bond acceptors (Lipinski definition) is 4. The molecule has 4 nitrogen and oxygen atoms in total. The number of aliphatic hydroxyl groups excluding tert-OH is 2. The molecule has 4 N–H and O–H groups in total.